The van der Waals surface area contributed by atoms with Crippen molar-refractivity contribution in [3.63, 3.8) is 0 Å². The Kier molecular flexibility index (Phi) is 7.64. The van der Waals surface area contributed by atoms with Crippen molar-refractivity contribution in [2.45, 2.75) is 70.5 Å². The van der Waals surface area contributed by atoms with Crippen molar-refractivity contribution in [1.29, 1.82) is 0 Å². The lowest BCUT2D eigenvalue weighted by atomic mass is 9.98. The summed E-state index contributed by atoms with van der Waals surface area (Å²) < 4.78 is 10.7. The second kappa shape index (κ2) is 10.0. The van der Waals surface area contributed by atoms with E-state index in [9.17, 15) is 9.59 Å². The summed E-state index contributed by atoms with van der Waals surface area (Å²) in [5.41, 5.74) is 0.983. The number of benzene rings is 1. The minimum absolute atomic E-state index is 0.118. The Labute approximate surface area is 138 Å². The lowest BCUT2D eigenvalue weighted by Gasteiger charge is -2.21. The van der Waals surface area contributed by atoms with E-state index in [4.69, 9.17) is 9.47 Å². The lowest BCUT2D eigenvalue weighted by molar-refractivity contribution is -0.151. The van der Waals surface area contributed by atoms with Crippen LogP contribution in [0.5, 0.6) is 0 Å². The van der Waals surface area contributed by atoms with Crippen LogP contribution in [-0.4, -0.2) is 18.0 Å². The highest BCUT2D eigenvalue weighted by Crippen LogP contribution is 2.21. The standard InChI is InChI=1S/C19H26O4/c20-18(22-15-16-9-3-1-4-10-16)13-7-8-14-19(21)23-17-11-5-2-6-12-17/h1,3-4,9-10,17H,2,5-8,11-15H2. The van der Waals surface area contributed by atoms with Gasteiger partial charge in [-0.05, 0) is 44.1 Å². The molecule has 0 bridgehead atoms. The zero-order chi connectivity index (χ0) is 16.3. The highest BCUT2D eigenvalue weighted by Gasteiger charge is 2.17. The SMILES string of the molecule is O=C(CCCCC(=O)OC1CCCCC1)OCc1ccccc1. The van der Waals surface area contributed by atoms with E-state index < -0.39 is 0 Å². The molecule has 0 radical (unpaired) electrons. The zero-order valence-corrected chi connectivity index (χ0v) is 13.7. The van der Waals surface area contributed by atoms with Crippen LogP contribution in [0.3, 0.4) is 0 Å². The summed E-state index contributed by atoms with van der Waals surface area (Å²) >= 11 is 0. The predicted molar refractivity (Wildman–Crippen MR) is 87.7 cm³/mol. The Bertz CT molecular complexity index is 477. The quantitative estimate of drug-likeness (QED) is 0.533. The minimum atomic E-state index is -0.213. The maximum atomic E-state index is 11.7. The first-order chi connectivity index (χ1) is 11.2. The van der Waals surface area contributed by atoms with E-state index in [0.29, 0.717) is 32.3 Å². The summed E-state index contributed by atoms with van der Waals surface area (Å²) in [7, 11) is 0. The number of carbonyl (C=O) groups is 2. The second-order valence-electron chi connectivity index (χ2n) is 6.10. The average Bonchev–Trinajstić information content (AvgIpc) is 2.59. The first-order valence-electron chi connectivity index (χ1n) is 8.63. The molecule has 0 unspecified atom stereocenters. The third-order valence-corrected chi connectivity index (χ3v) is 4.10. The van der Waals surface area contributed by atoms with Crippen LogP contribution in [0.25, 0.3) is 0 Å². The summed E-state index contributed by atoms with van der Waals surface area (Å²) in [6, 6.07) is 9.61. The van der Waals surface area contributed by atoms with Crippen molar-refractivity contribution in [1.82, 2.24) is 0 Å². The van der Waals surface area contributed by atoms with Crippen molar-refractivity contribution < 1.29 is 19.1 Å². The molecule has 23 heavy (non-hydrogen) atoms. The molecular weight excluding hydrogens is 292 g/mol. The lowest BCUT2D eigenvalue weighted by Crippen LogP contribution is -2.20. The van der Waals surface area contributed by atoms with Gasteiger partial charge in [0, 0.05) is 12.8 Å². The molecule has 1 aromatic carbocycles. The van der Waals surface area contributed by atoms with Gasteiger partial charge in [-0.3, -0.25) is 9.59 Å². The molecule has 126 valence electrons. The molecular formula is C19H26O4. The van der Waals surface area contributed by atoms with Crippen LogP contribution in [0.2, 0.25) is 0 Å². The van der Waals surface area contributed by atoms with Gasteiger partial charge in [0.05, 0.1) is 0 Å². The highest BCUT2D eigenvalue weighted by molar-refractivity contribution is 5.70. The molecule has 4 nitrogen and oxygen atoms in total. The molecule has 0 aliphatic heterocycles. The molecule has 1 aromatic rings. The van der Waals surface area contributed by atoms with E-state index in [1.807, 2.05) is 30.3 Å². The van der Waals surface area contributed by atoms with E-state index in [1.165, 1.54) is 6.42 Å². The number of rotatable bonds is 8. The van der Waals surface area contributed by atoms with Crippen LogP contribution < -0.4 is 0 Å². The fourth-order valence-electron chi connectivity index (χ4n) is 2.78. The van der Waals surface area contributed by atoms with E-state index in [-0.39, 0.29) is 18.0 Å². The molecule has 0 N–H and O–H groups in total. The minimum Gasteiger partial charge on any atom is -0.462 e. The van der Waals surface area contributed by atoms with Gasteiger partial charge in [-0.1, -0.05) is 36.8 Å². The summed E-state index contributed by atoms with van der Waals surface area (Å²) in [4.78, 5) is 23.4. The van der Waals surface area contributed by atoms with Gasteiger partial charge in [0.25, 0.3) is 0 Å². The third-order valence-electron chi connectivity index (χ3n) is 4.10. The second-order valence-corrected chi connectivity index (χ2v) is 6.10. The van der Waals surface area contributed by atoms with E-state index in [1.54, 1.807) is 0 Å². The Hall–Kier alpha value is -1.84. The van der Waals surface area contributed by atoms with E-state index in [2.05, 4.69) is 0 Å². The Morgan fingerprint density at radius 1 is 0.913 bits per heavy atom. The molecule has 0 atom stereocenters. The fraction of sp³-hybridized carbons (Fsp3) is 0.579. The molecule has 0 amide bonds. The number of ether oxygens (including phenoxy) is 2. The number of carbonyl (C=O) groups excluding carboxylic acids is 2. The first kappa shape index (κ1) is 17.5. The van der Waals surface area contributed by atoms with Gasteiger partial charge in [-0.15, -0.1) is 0 Å². The number of unbranched alkanes of at least 4 members (excludes halogenated alkanes) is 1. The van der Waals surface area contributed by atoms with Gasteiger partial charge in [-0.25, -0.2) is 0 Å². The predicted octanol–water partition coefficient (Wildman–Crippen LogP) is 4.17. The van der Waals surface area contributed by atoms with Crippen molar-refractivity contribution in [2.24, 2.45) is 0 Å². The maximum Gasteiger partial charge on any atom is 0.306 e. The van der Waals surface area contributed by atoms with E-state index in [0.717, 1.165) is 31.2 Å². The third kappa shape index (κ3) is 7.31. The largest absolute Gasteiger partial charge is 0.462 e. The Morgan fingerprint density at radius 3 is 2.26 bits per heavy atom. The normalized spacial score (nSPS) is 15.1. The monoisotopic (exact) mass is 318 g/mol. The van der Waals surface area contributed by atoms with Crippen LogP contribution >= 0.6 is 0 Å². The van der Waals surface area contributed by atoms with Gasteiger partial charge in [0.15, 0.2) is 0 Å². The molecule has 4 heteroatoms. The molecule has 1 aliphatic carbocycles. The van der Waals surface area contributed by atoms with Gasteiger partial charge >= 0.3 is 11.9 Å². The van der Waals surface area contributed by atoms with Gasteiger partial charge in [-0.2, -0.15) is 0 Å². The number of hydrogen-bond acceptors (Lipinski definition) is 4. The average molecular weight is 318 g/mol. The molecule has 1 saturated carbocycles. The number of esters is 2. The van der Waals surface area contributed by atoms with Crippen molar-refractivity contribution in [3.8, 4) is 0 Å². The summed E-state index contributed by atoms with van der Waals surface area (Å²) in [5, 5.41) is 0. The van der Waals surface area contributed by atoms with Crippen molar-refractivity contribution in [3.05, 3.63) is 35.9 Å². The van der Waals surface area contributed by atoms with Crippen LogP contribution in [0, 0.1) is 0 Å². The van der Waals surface area contributed by atoms with Gasteiger partial charge in [0.1, 0.15) is 12.7 Å². The number of hydrogen-bond donors (Lipinski definition) is 0. The maximum absolute atomic E-state index is 11.7. The first-order valence-corrected chi connectivity index (χ1v) is 8.63. The van der Waals surface area contributed by atoms with E-state index >= 15 is 0 Å². The fourth-order valence-corrected chi connectivity index (χ4v) is 2.78. The topological polar surface area (TPSA) is 52.6 Å². The molecule has 0 aromatic heterocycles. The smallest absolute Gasteiger partial charge is 0.306 e. The zero-order valence-electron chi connectivity index (χ0n) is 13.7. The highest BCUT2D eigenvalue weighted by atomic mass is 16.5. The molecule has 1 fully saturated rings. The van der Waals surface area contributed by atoms with Crippen LogP contribution in [0.1, 0.15) is 63.4 Å². The van der Waals surface area contributed by atoms with Crippen molar-refractivity contribution >= 4 is 11.9 Å². The Balaban J connectivity index is 1.50. The Morgan fingerprint density at radius 2 is 1.57 bits per heavy atom. The van der Waals surface area contributed by atoms with Crippen LogP contribution in [0.4, 0.5) is 0 Å². The summed E-state index contributed by atoms with van der Waals surface area (Å²) in [5.74, 6) is -0.343. The van der Waals surface area contributed by atoms with Crippen molar-refractivity contribution in [2.75, 3.05) is 0 Å². The molecule has 1 aliphatic rings. The van der Waals surface area contributed by atoms with Crippen LogP contribution in [-0.2, 0) is 25.7 Å². The molecule has 0 spiro atoms. The molecule has 2 rings (SSSR count). The summed E-state index contributed by atoms with van der Waals surface area (Å²) in [6.45, 7) is 0.309. The van der Waals surface area contributed by atoms with Crippen LogP contribution in [0.15, 0.2) is 30.3 Å². The van der Waals surface area contributed by atoms with Gasteiger partial charge in [0.2, 0.25) is 0 Å². The summed E-state index contributed by atoms with van der Waals surface area (Å²) in [6.07, 6.45) is 7.75. The molecule has 0 heterocycles. The van der Waals surface area contributed by atoms with Gasteiger partial charge < -0.3 is 9.47 Å². The molecule has 0 saturated heterocycles.